The number of aromatic nitrogens is 1. The number of carbonyl (C=O) groups is 17. The minimum atomic E-state index is -1.86. The van der Waals surface area contributed by atoms with Crippen LogP contribution in [-0.2, 0) is 94.3 Å². The highest BCUT2D eigenvalue weighted by molar-refractivity contribution is 7.98. The van der Waals surface area contributed by atoms with Crippen LogP contribution in [0.4, 0.5) is 0 Å². The maximum absolute atomic E-state index is 14.2. The number of amides is 16. The van der Waals surface area contributed by atoms with Crippen LogP contribution >= 0.6 is 11.8 Å². The summed E-state index contributed by atoms with van der Waals surface area (Å²) < 4.78 is 0. The number of aliphatic carboxylic acids is 1. The van der Waals surface area contributed by atoms with E-state index in [1.165, 1.54) is 36.0 Å². The number of hydrogen-bond acceptors (Lipinski definition) is 20. The molecule has 3 aromatic rings. The summed E-state index contributed by atoms with van der Waals surface area (Å²) in [6.07, 6.45) is -3.34. The van der Waals surface area contributed by atoms with E-state index in [1.54, 1.807) is 36.7 Å². The number of phenolic OH excluding ortho intramolecular Hbond substituents is 1. The quantitative estimate of drug-likeness (QED) is 0.0250. The van der Waals surface area contributed by atoms with Gasteiger partial charge in [0.25, 0.3) is 0 Å². The van der Waals surface area contributed by atoms with Crippen molar-refractivity contribution in [2.45, 2.75) is 164 Å². The Morgan fingerprint density at radius 1 is 0.439 bits per heavy atom. The highest BCUT2D eigenvalue weighted by atomic mass is 32.2. The molecule has 0 fully saturated rings. The van der Waals surface area contributed by atoms with Gasteiger partial charge in [-0.3, -0.25) is 76.7 Å². The molecule has 2 aromatic carbocycles. The third-order valence-electron chi connectivity index (χ3n) is 14.8. The van der Waals surface area contributed by atoms with Crippen LogP contribution in [0, 0.1) is 0 Å². The number of aromatic amines is 1. The van der Waals surface area contributed by atoms with Gasteiger partial charge in [-0.2, -0.15) is 11.8 Å². The molecule has 38 heteroatoms. The van der Waals surface area contributed by atoms with Crippen molar-refractivity contribution in [1.82, 2.24) is 58.2 Å². The van der Waals surface area contributed by atoms with Gasteiger partial charge in [0.1, 0.15) is 60.1 Å². The molecular formula is C60H86N18O19S. The molecule has 0 saturated carbocycles. The van der Waals surface area contributed by atoms with Crippen molar-refractivity contribution in [2.75, 3.05) is 18.6 Å². The molecule has 27 N–H and O–H groups in total. The van der Waals surface area contributed by atoms with Gasteiger partial charge in [-0.05, 0) is 93.2 Å². The van der Waals surface area contributed by atoms with Crippen LogP contribution in [-0.4, -0.2) is 195 Å². The molecule has 0 unspecified atom stereocenters. The van der Waals surface area contributed by atoms with Gasteiger partial charge in [0.15, 0.2) is 0 Å². The van der Waals surface area contributed by atoms with Crippen molar-refractivity contribution in [1.29, 1.82) is 0 Å². The molecule has 0 aliphatic rings. The Kier molecular flexibility index (Phi) is 34.1. The third kappa shape index (κ3) is 29.8. The van der Waals surface area contributed by atoms with E-state index in [9.17, 15) is 91.7 Å². The Morgan fingerprint density at radius 2 is 0.816 bits per heavy atom. The van der Waals surface area contributed by atoms with Crippen molar-refractivity contribution in [3.63, 3.8) is 0 Å². The van der Waals surface area contributed by atoms with E-state index >= 15 is 0 Å². The van der Waals surface area contributed by atoms with E-state index in [0.717, 1.165) is 6.92 Å². The number of aromatic hydroxyl groups is 1. The summed E-state index contributed by atoms with van der Waals surface area (Å²) in [5.41, 5.74) is 39.4. The second kappa shape index (κ2) is 41.1. The SMILES string of the molecule is CSCC[C@H](NC(=O)[C@H](Cc1c[nH]c2ccccc12)NC(=O)CNC(=O)[C@H](Cc1ccc(O)cc1)NC(=O)[C@H](C)NC(=O)[C@@H](CCC(N)=O)NC(=O)[C@@H](CCC(N)=O)NC(=O)[C@@H](CCC(N)=O)NC(=O)[C@@H](CCC(N)=O)NC(=O)[C@@H](CCC(N)=O)NC(=O)[C@H](N)CCC(N)=O)C(=O)O. The van der Waals surface area contributed by atoms with Gasteiger partial charge in [0, 0.05) is 68.5 Å². The first-order chi connectivity index (χ1) is 46.2. The summed E-state index contributed by atoms with van der Waals surface area (Å²) in [7, 11) is 0. The molecule has 98 heavy (non-hydrogen) atoms. The predicted molar refractivity (Wildman–Crippen MR) is 349 cm³/mol. The maximum Gasteiger partial charge on any atom is 0.326 e. The fourth-order valence-corrected chi connectivity index (χ4v) is 9.83. The molecule has 10 atom stereocenters. The average Bonchev–Trinajstić information content (AvgIpc) is 1.78. The first-order valence-electron chi connectivity index (χ1n) is 30.7. The molecule has 1 heterocycles. The number of hydrogen-bond donors (Lipinski definition) is 20. The zero-order chi connectivity index (χ0) is 73.3. The molecule has 0 radical (unpaired) electrons. The Balaban J connectivity index is 1.89. The van der Waals surface area contributed by atoms with Crippen LogP contribution < -0.4 is 93.3 Å². The topological polar surface area (TPSA) is 649 Å². The van der Waals surface area contributed by atoms with E-state index < -0.39 is 232 Å². The number of carboxylic acids is 1. The number of carbonyl (C=O) groups excluding carboxylic acids is 16. The van der Waals surface area contributed by atoms with Gasteiger partial charge >= 0.3 is 5.97 Å². The Labute approximate surface area is 565 Å². The average molecular weight is 1400 g/mol. The highest BCUT2D eigenvalue weighted by Crippen LogP contribution is 2.20. The molecular weight excluding hydrogens is 1310 g/mol. The molecule has 1 aromatic heterocycles. The lowest BCUT2D eigenvalue weighted by Crippen LogP contribution is -2.60. The van der Waals surface area contributed by atoms with Crippen LogP contribution in [0.1, 0.15) is 102 Å². The number of para-hydroxylation sites is 1. The predicted octanol–water partition coefficient (Wildman–Crippen LogP) is -7.08. The smallest absolute Gasteiger partial charge is 0.326 e. The lowest BCUT2D eigenvalue weighted by molar-refractivity contribution is -0.142. The normalized spacial score (nSPS) is 14.0. The Bertz CT molecular complexity index is 3390. The summed E-state index contributed by atoms with van der Waals surface area (Å²) in [5, 5.41) is 44.2. The van der Waals surface area contributed by atoms with Gasteiger partial charge in [-0.1, -0.05) is 30.3 Å². The molecule has 3 rings (SSSR count). The number of phenols is 1. The van der Waals surface area contributed by atoms with Gasteiger partial charge in [0.05, 0.1) is 12.6 Å². The number of thioether (sulfide) groups is 1. The van der Waals surface area contributed by atoms with E-state index in [1.807, 2.05) is 0 Å². The number of carboxylic acid groups (broad SMARTS) is 1. The number of H-pyrrole nitrogens is 1. The molecule has 0 bridgehead atoms. The van der Waals surface area contributed by atoms with Crippen LogP contribution in [0.5, 0.6) is 5.75 Å². The third-order valence-corrected chi connectivity index (χ3v) is 15.4. The van der Waals surface area contributed by atoms with Crippen LogP contribution in [0.3, 0.4) is 0 Å². The molecule has 0 saturated heterocycles. The van der Waals surface area contributed by atoms with Gasteiger partial charge in [0.2, 0.25) is 94.5 Å². The fourth-order valence-electron chi connectivity index (χ4n) is 9.36. The highest BCUT2D eigenvalue weighted by Gasteiger charge is 2.36. The molecule has 0 aliphatic heterocycles. The van der Waals surface area contributed by atoms with Crippen molar-refractivity contribution in [3.05, 3.63) is 65.9 Å². The van der Waals surface area contributed by atoms with Crippen LogP contribution in [0.2, 0.25) is 0 Å². The number of fused-ring (bicyclic) bond motifs is 1. The Hall–Kier alpha value is -10.9. The van der Waals surface area contributed by atoms with E-state index in [2.05, 4.69) is 58.2 Å². The first kappa shape index (κ1) is 81.3. The zero-order valence-electron chi connectivity index (χ0n) is 53.8. The lowest BCUT2D eigenvalue weighted by atomic mass is 10.0. The standard InChI is InChI=1S/C60H86N18O19S/c1-29(51(87)78-42(25-30-7-9-32(79)10-8-30)53(89)69-28-50(86)71-43(59(95)77-41(60(96)97)23-24-98-2)26-31-27-68-35-6-4-3-5-33(31)35)70-54(90)36(12-18-45(63)81)73-56(92)38(14-20-47(65)83)75-58(94)40(16-22-49(67)85)76-57(93)39(15-21-48(66)84)74-55(91)37(13-19-46(64)82)72-52(88)34(61)11-17-44(62)80/h3-10,27,29,34,36-43,68,79H,11-26,28,61H2,1-2H3,(H2,62,80)(H2,63,81)(H2,64,82)(H2,65,83)(H2,66,84)(H2,67,85)(H,69,89)(H,70,90)(H,71,86)(H,72,88)(H,73,92)(H,74,91)(H,75,94)(H,76,93)(H,77,95)(H,78,87)(H,96,97)/t29-,34+,36+,37+,38+,39+,40+,41-,42-,43-/m0/s1. The second-order valence-corrected chi connectivity index (χ2v) is 23.7. The van der Waals surface area contributed by atoms with Crippen molar-refractivity contribution >= 4 is 123 Å². The van der Waals surface area contributed by atoms with Crippen LogP contribution in [0.15, 0.2) is 54.7 Å². The minimum absolute atomic E-state index is 0.0605. The summed E-state index contributed by atoms with van der Waals surface area (Å²) in [5.74, 6) is -17.6. The lowest BCUT2D eigenvalue weighted by Gasteiger charge is -2.27. The van der Waals surface area contributed by atoms with E-state index in [0.29, 0.717) is 27.8 Å². The maximum atomic E-state index is 14.2. The molecule has 37 nitrogen and oxygen atoms in total. The summed E-state index contributed by atoms with van der Waals surface area (Å²) in [6.45, 7) is 0.361. The van der Waals surface area contributed by atoms with Crippen LogP contribution in [0.25, 0.3) is 10.9 Å². The summed E-state index contributed by atoms with van der Waals surface area (Å²) in [4.78, 5) is 225. The number of nitrogens with one attached hydrogen (secondary N) is 11. The molecule has 0 spiro atoms. The first-order valence-corrected chi connectivity index (χ1v) is 32.1. The Morgan fingerprint density at radius 3 is 1.24 bits per heavy atom. The number of benzene rings is 2. The second-order valence-electron chi connectivity index (χ2n) is 22.7. The van der Waals surface area contributed by atoms with E-state index in [4.69, 9.17) is 40.1 Å². The largest absolute Gasteiger partial charge is 0.508 e. The molecule has 536 valence electrons. The minimum Gasteiger partial charge on any atom is -0.508 e. The fraction of sp³-hybridized carbons (Fsp3) is 0.483. The van der Waals surface area contributed by atoms with Crippen molar-refractivity contribution < 1.29 is 91.7 Å². The van der Waals surface area contributed by atoms with Gasteiger partial charge < -0.3 is 109 Å². The van der Waals surface area contributed by atoms with Gasteiger partial charge in [-0.15, -0.1) is 0 Å². The van der Waals surface area contributed by atoms with E-state index in [-0.39, 0.29) is 37.9 Å². The molecule has 16 amide bonds. The van der Waals surface area contributed by atoms with Crippen molar-refractivity contribution in [2.24, 2.45) is 40.1 Å². The summed E-state index contributed by atoms with van der Waals surface area (Å²) in [6, 6.07) is -3.65. The number of rotatable bonds is 46. The zero-order valence-corrected chi connectivity index (χ0v) is 54.6. The monoisotopic (exact) mass is 1390 g/mol. The summed E-state index contributed by atoms with van der Waals surface area (Å²) >= 11 is 1.35. The number of primary amides is 6. The van der Waals surface area contributed by atoms with Gasteiger partial charge in [-0.25, -0.2) is 4.79 Å². The molecule has 0 aliphatic carbocycles. The van der Waals surface area contributed by atoms with Crippen molar-refractivity contribution in [3.8, 4) is 5.75 Å². The number of nitrogens with two attached hydrogens (primary N) is 7.